The average Bonchev–Trinajstić information content (AvgIpc) is 2.92. The lowest BCUT2D eigenvalue weighted by Crippen LogP contribution is -2.20. The molecule has 0 heterocycles. The molecule has 2 amide bonds. The molecule has 36 heavy (non-hydrogen) atoms. The Bertz CT molecular complexity index is 1300. The second-order valence-electron chi connectivity index (χ2n) is 7.78. The molecule has 0 saturated carbocycles. The standard InChI is InChI=1S/C29H26N2O4S/c1-34-26-18-9-8-17-25(26)31-29(33)28(21-11-4-2-5-12-21)36-24-16-10-13-22(19-24)30-27(32)20-35-23-14-6-3-7-15-23/h2-19,28H,20H2,1H3,(H,30,32)(H,31,33). The van der Waals surface area contributed by atoms with Gasteiger partial charge in [-0.2, -0.15) is 0 Å². The van der Waals surface area contributed by atoms with Crippen molar-refractivity contribution in [1.29, 1.82) is 0 Å². The van der Waals surface area contributed by atoms with Gasteiger partial charge in [-0.05, 0) is 48.0 Å². The van der Waals surface area contributed by atoms with Crippen molar-refractivity contribution in [3.05, 3.63) is 115 Å². The average molecular weight is 499 g/mol. The van der Waals surface area contributed by atoms with E-state index in [2.05, 4.69) is 10.6 Å². The van der Waals surface area contributed by atoms with Crippen LogP contribution < -0.4 is 20.1 Å². The Morgan fingerprint density at radius 3 is 2.25 bits per heavy atom. The highest BCUT2D eigenvalue weighted by Gasteiger charge is 2.23. The number of amides is 2. The molecule has 0 aliphatic rings. The van der Waals surface area contributed by atoms with Gasteiger partial charge < -0.3 is 20.1 Å². The van der Waals surface area contributed by atoms with Crippen molar-refractivity contribution in [2.24, 2.45) is 0 Å². The second kappa shape index (κ2) is 12.5. The van der Waals surface area contributed by atoms with Crippen LogP contribution in [0, 0.1) is 0 Å². The summed E-state index contributed by atoms with van der Waals surface area (Å²) in [5.74, 6) is 0.768. The van der Waals surface area contributed by atoms with E-state index in [-0.39, 0.29) is 18.4 Å². The van der Waals surface area contributed by atoms with Gasteiger partial charge in [0.25, 0.3) is 5.91 Å². The number of thioether (sulfide) groups is 1. The molecule has 0 bridgehead atoms. The monoisotopic (exact) mass is 498 g/mol. The fraction of sp³-hybridized carbons (Fsp3) is 0.103. The fourth-order valence-electron chi connectivity index (χ4n) is 3.49. The molecule has 0 saturated heterocycles. The summed E-state index contributed by atoms with van der Waals surface area (Å²) in [4.78, 5) is 26.6. The number of methoxy groups -OCH3 is 1. The lowest BCUT2D eigenvalue weighted by molar-refractivity contribution is -0.118. The maximum atomic E-state index is 13.4. The van der Waals surface area contributed by atoms with E-state index in [1.54, 1.807) is 37.4 Å². The van der Waals surface area contributed by atoms with Gasteiger partial charge >= 0.3 is 0 Å². The third-order valence-electron chi connectivity index (χ3n) is 5.19. The Hall–Kier alpha value is -4.23. The number of para-hydroxylation sites is 3. The first-order valence-corrected chi connectivity index (χ1v) is 12.2. The van der Waals surface area contributed by atoms with Crippen LogP contribution in [0.25, 0.3) is 0 Å². The molecule has 0 spiro atoms. The van der Waals surface area contributed by atoms with E-state index in [1.165, 1.54) is 11.8 Å². The number of anilines is 2. The van der Waals surface area contributed by atoms with Crippen molar-refractivity contribution in [1.82, 2.24) is 0 Å². The van der Waals surface area contributed by atoms with Crippen molar-refractivity contribution in [2.75, 3.05) is 24.4 Å². The summed E-state index contributed by atoms with van der Waals surface area (Å²) in [5.41, 5.74) is 2.09. The molecule has 1 atom stereocenters. The molecule has 2 N–H and O–H groups in total. The number of nitrogens with one attached hydrogen (secondary N) is 2. The van der Waals surface area contributed by atoms with Gasteiger partial charge in [0.2, 0.25) is 5.91 Å². The van der Waals surface area contributed by atoms with Gasteiger partial charge in [0.1, 0.15) is 16.7 Å². The summed E-state index contributed by atoms with van der Waals surface area (Å²) in [6.45, 7) is -0.102. The van der Waals surface area contributed by atoms with E-state index in [0.29, 0.717) is 22.9 Å². The zero-order valence-electron chi connectivity index (χ0n) is 19.7. The van der Waals surface area contributed by atoms with Crippen LogP contribution in [0.1, 0.15) is 10.8 Å². The number of carbonyl (C=O) groups excluding carboxylic acids is 2. The van der Waals surface area contributed by atoms with Crippen molar-refractivity contribution in [3.63, 3.8) is 0 Å². The second-order valence-corrected chi connectivity index (χ2v) is 8.95. The molecule has 0 aliphatic carbocycles. The molecule has 0 radical (unpaired) electrons. The summed E-state index contributed by atoms with van der Waals surface area (Å²) in [7, 11) is 1.57. The number of carbonyl (C=O) groups is 2. The molecule has 6 nitrogen and oxygen atoms in total. The Morgan fingerprint density at radius 1 is 0.806 bits per heavy atom. The van der Waals surface area contributed by atoms with Crippen LogP contribution in [-0.2, 0) is 9.59 Å². The predicted molar refractivity (Wildman–Crippen MR) is 144 cm³/mol. The first-order valence-electron chi connectivity index (χ1n) is 11.4. The van der Waals surface area contributed by atoms with Gasteiger partial charge in [0.15, 0.2) is 6.61 Å². The van der Waals surface area contributed by atoms with E-state index in [1.807, 2.05) is 78.9 Å². The fourth-order valence-corrected chi connectivity index (χ4v) is 4.58. The highest BCUT2D eigenvalue weighted by atomic mass is 32.2. The highest BCUT2D eigenvalue weighted by Crippen LogP contribution is 2.38. The van der Waals surface area contributed by atoms with Crippen molar-refractivity contribution in [2.45, 2.75) is 10.1 Å². The zero-order valence-corrected chi connectivity index (χ0v) is 20.5. The summed E-state index contributed by atoms with van der Waals surface area (Å²) in [6.07, 6.45) is 0. The molecule has 0 aromatic heterocycles. The summed E-state index contributed by atoms with van der Waals surface area (Å²) in [6, 6.07) is 33.4. The molecule has 7 heteroatoms. The molecule has 0 fully saturated rings. The molecular weight excluding hydrogens is 472 g/mol. The number of ether oxygens (including phenoxy) is 2. The van der Waals surface area contributed by atoms with Gasteiger partial charge in [0.05, 0.1) is 12.8 Å². The topological polar surface area (TPSA) is 76.7 Å². The van der Waals surface area contributed by atoms with Gasteiger partial charge in [-0.3, -0.25) is 9.59 Å². The van der Waals surface area contributed by atoms with Crippen molar-refractivity contribution >= 4 is 35.0 Å². The third kappa shape index (κ3) is 6.90. The predicted octanol–water partition coefficient (Wildman–Crippen LogP) is 6.18. The van der Waals surface area contributed by atoms with Crippen LogP contribution >= 0.6 is 11.8 Å². The summed E-state index contributed by atoms with van der Waals surface area (Å²) < 4.78 is 10.9. The van der Waals surface area contributed by atoms with E-state index in [4.69, 9.17) is 9.47 Å². The lowest BCUT2D eigenvalue weighted by atomic mass is 10.1. The zero-order chi connectivity index (χ0) is 25.2. The third-order valence-corrected chi connectivity index (χ3v) is 6.44. The molecule has 4 rings (SSSR count). The molecule has 1 unspecified atom stereocenters. The van der Waals surface area contributed by atoms with Crippen LogP contribution in [0.3, 0.4) is 0 Å². The molecule has 0 aliphatic heterocycles. The smallest absolute Gasteiger partial charge is 0.262 e. The molecular formula is C29H26N2O4S. The van der Waals surface area contributed by atoms with E-state index < -0.39 is 5.25 Å². The van der Waals surface area contributed by atoms with Crippen LogP contribution in [0.4, 0.5) is 11.4 Å². The van der Waals surface area contributed by atoms with Crippen molar-refractivity contribution < 1.29 is 19.1 Å². The maximum absolute atomic E-state index is 13.4. The van der Waals surface area contributed by atoms with Crippen LogP contribution in [-0.4, -0.2) is 25.5 Å². The Morgan fingerprint density at radius 2 is 1.50 bits per heavy atom. The minimum atomic E-state index is -0.525. The van der Waals surface area contributed by atoms with Gasteiger partial charge in [-0.25, -0.2) is 0 Å². The summed E-state index contributed by atoms with van der Waals surface area (Å²) in [5, 5.41) is 5.32. The lowest BCUT2D eigenvalue weighted by Gasteiger charge is -2.18. The van der Waals surface area contributed by atoms with Gasteiger partial charge in [-0.15, -0.1) is 11.8 Å². The number of hydrogen-bond acceptors (Lipinski definition) is 5. The Kier molecular flexibility index (Phi) is 8.62. The summed E-state index contributed by atoms with van der Waals surface area (Å²) >= 11 is 1.40. The van der Waals surface area contributed by atoms with E-state index >= 15 is 0 Å². The number of hydrogen-bond donors (Lipinski definition) is 2. The number of rotatable bonds is 10. The normalized spacial score (nSPS) is 11.2. The van der Waals surface area contributed by atoms with Gasteiger partial charge in [-0.1, -0.05) is 66.7 Å². The Balaban J connectivity index is 1.47. The first kappa shape index (κ1) is 24.9. The van der Waals surface area contributed by atoms with E-state index in [9.17, 15) is 9.59 Å². The van der Waals surface area contributed by atoms with Crippen molar-refractivity contribution in [3.8, 4) is 11.5 Å². The highest BCUT2D eigenvalue weighted by molar-refractivity contribution is 8.00. The van der Waals surface area contributed by atoms with Gasteiger partial charge in [0, 0.05) is 10.6 Å². The van der Waals surface area contributed by atoms with Crippen LogP contribution in [0.2, 0.25) is 0 Å². The molecule has 182 valence electrons. The number of benzene rings is 4. The molecule has 4 aromatic rings. The van der Waals surface area contributed by atoms with Crippen LogP contribution in [0.5, 0.6) is 11.5 Å². The van der Waals surface area contributed by atoms with E-state index in [0.717, 1.165) is 10.5 Å². The molecule has 4 aromatic carbocycles. The minimum absolute atomic E-state index is 0.102. The largest absolute Gasteiger partial charge is 0.495 e. The quantitative estimate of drug-likeness (QED) is 0.255. The SMILES string of the molecule is COc1ccccc1NC(=O)C(Sc1cccc(NC(=O)COc2ccccc2)c1)c1ccccc1. The minimum Gasteiger partial charge on any atom is -0.495 e. The Labute approximate surface area is 214 Å². The first-order chi connectivity index (χ1) is 17.6. The van der Waals surface area contributed by atoms with Crippen LogP contribution in [0.15, 0.2) is 114 Å². The maximum Gasteiger partial charge on any atom is 0.262 e.